The van der Waals surface area contributed by atoms with Crippen molar-refractivity contribution in [3.63, 3.8) is 0 Å². The molecule has 252 valence electrons. The monoisotopic (exact) mass is 628 g/mol. The van der Waals surface area contributed by atoms with Crippen LogP contribution in [0.4, 0.5) is 0 Å². The van der Waals surface area contributed by atoms with Crippen molar-refractivity contribution in [2.24, 2.45) is 9.98 Å². The Hall–Kier alpha value is -2.70. The van der Waals surface area contributed by atoms with Crippen molar-refractivity contribution in [1.82, 2.24) is 9.80 Å². The topological polar surface area (TPSA) is 71.7 Å². The van der Waals surface area contributed by atoms with E-state index in [2.05, 4.69) is 75.6 Å². The number of likely N-dealkylation sites (tertiary alicyclic amines) is 2. The number of aliphatic imine (C=N–C) groups is 2. The molecule has 0 radical (unpaired) electrons. The Kier molecular flexibility index (Phi) is 11.3. The summed E-state index contributed by atoms with van der Waals surface area (Å²) in [5.74, 6) is 0.694. The molecule has 2 N–H and O–H groups in total. The van der Waals surface area contributed by atoms with Crippen LogP contribution in [0.1, 0.15) is 139 Å². The first kappa shape index (κ1) is 34.6. The highest BCUT2D eigenvalue weighted by Crippen LogP contribution is 2.36. The van der Waals surface area contributed by atoms with Crippen LogP contribution in [0.5, 0.6) is 11.5 Å². The normalized spacial score (nSPS) is 22.7. The Labute approximate surface area is 279 Å². The highest BCUT2D eigenvalue weighted by Gasteiger charge is 2.26. The highest BCUT2D eigenvalue weighted by atomic mass is 16.3. The van der Waals surface area contributed by atoms with E-state index < -0.39 is 0 Å². The van der Waals surface area contributed by atoms with Gasteiger partial charge in [0.1, 0.15) is 11.5 Å². The van der Waals surface area contributed by atoms with Crippen molar-refractivity contribution in [3.05, 3.63) is 57.6 Å². The number of benzene rings is 2. The number of phenolic OH excluding ortho intramolecular Hbond substituents is 2. The van der Waals surface area contributed by atoms with E-state index in [0.717, 1.165) is 87.2 Å². The third-order valence-electron chi connectivity index (χ3n) is 10.2. The number of piperidine rings is 2. The zero-order chi connectivity index (χ0) is 32.9. The van der Waals surface area contributed by atoms with Gasteiger partial charge < -0.3 is 10.2 Å². The largest absolute Gasteiger partial charge is 0.507 e. The number of aromatic hydroxyl groups is 2. The van der Waals surface area contributed by atoms with Gasteiger partial charge in [-0.05, 0) is 98.8 Å². The van der Waals surface area contributed by atoms with Gasteiger partial charge in [0.05, 0.1) is 12.1 Å². The van der Waals surface area contributed by atoms with Crippen LogP contribution >= 0.6 is 0 Å². The molecule has 3 fully saturated rings. The van der Waals surface area contributed by atoms with Crippen LogP contribution < -0.4 is 0 Å². The van der Waals surface area contributed by atoms with E-state index in [0.29, 0.717) is 11.5 Å². The molecule has 0 amide bonds. The summed E-state index contributed by atoms with van der Waals surface area (Å²) in [6, 6.07) is 8.79. The van der Waals surface area contributed by atoms with Crippen molar-refractivity contribution in [1.29, 1.82) is 0 Å². The Morgan fingerprint density at radius 3 is 1.30 bits per heavy atom. The van der Waals surface area contributed by atoms with E-state index >= 15 is 0 Å². The molecule has 6 heteroatoms. The lowest BCUT2D eigenvalue weighted by Crippen LogP contribution is -2.29. The summed E-state index contributed by atoms with van der Waals surface area (Å²) in [6.07, 6.45) is 15.8. The maximum absolute atomic E-state index is 11.4. The predicted molar refractivity (Wildman–Crippen MR) is 193 cm³/mol. The van der Waals surface area contributed by atoms with Gasteiger partial charge in [0.15, 0.2) is 0 Å². The fourth-order valence-corrected chi connectivity index (χ4v) is 7.50. The summed E-state index contributed by atoms with van der Waals surface area (Å²) < 4.78 is 0. The SMILES string of the molecule is CC(C)(C)c1cc(CN2CCCCC2)cc(C=NC2CCCCC2N=Cc2cc(CN3CCCCC3)cc(C(C)(C)C)c2O)c1O. The molecule has 2 saturated heterocycles. The summed E-state index contributed by atoms with van der Waals surface area (Å²) in [7, 11) is 0. The third-order valence-corrected chi connectivity index (χ3v) is 10.2. The van der Waals surface area contributed by atoms with E-state index in [9.17, 15) is 10.2 Å². The zero-order valence-corrected chi connectivity index (χ0v) is 29.6. The first-order chi connectivity index (χ1) is 21.9. The second kappa shape index (κ2) is 15.0. The summed E-state index contributed by atoms with van der Waals surface area (Å²) >= 11 is 0. The summed E-state index contributed by atoms with van der Waals surface area (Å²) in [5.41, 5.74) is 5.75. The molecule has 46 heavy (non-hydrogen) atoms. The Bertz CT molecular complexity index is 1270. The average Bonchev–Trinajstić information content (AvgIpc) is 3.01. The number of hydrogen-bond acceptors (Lipinski definition) is 6. The number of nitrogens with zero attached hydrogens (tertiary/aromatic N) is 4. The van der Waals surface area contributed by atoms with Crippen LogP contribution in [0.15, 0.2) is 34.3 Å². The van der Waals surface area contributed by atoms with Crippen molar-refractivity contribution >= 4 is 12.4 Å². The number of hydrogen-bond donors (Lipinski definition) is 2. The smallest absolute Gasteiger partial charge is 0.128 e. The van der Waals surface area contributed by atoms with Crippen molar-refractivity contribution in [2.75, 3.05) is 26.2 Å². The molecule has 2 aromatic carbocycles. The maximum Gasteiger partial charge on any atom is 0.128 e. The summed E-state index contributed by atoms with van der Waals surface area (Å²) in [6.45, 7) is 19.4. The van der Waals surface area contributed by atoms with Crippen LogP contribution in [-0.4, -0.2) is 70.7 Å². The molecule has 2 aromatic rings. The fraction of sp³-hybridized carbons (Fsp3) is 0.650. The molecule has 6 nitrogen and oxygen atoms in total. The van der Waals surface area contributed by atoms with E-state index in [-0.39, 0.29) is 22.9 Å². The lowest BCUT2D eigenvalue weighted by atomic mass is 9.84. The standard InChI is InChI=1S/C40H60N4O2/c1-39(2,3)33-23-29(27-43-17-11-7-12-18-43)21-31(37(33)45)25-41-35-15-9-10-16-36(35)42-26-32-22-30(28-44-19-13-8-14-20-44)24-34(38(32)46)40(4,5)6/h21-26,35-36,45-46H,7-20,27-28H2,1-6H3. The lowest BCUT2D eigenvalue weighted by Gasteiger charge is -2.29. The second-order valence-electron chi connectivity index (χ2n) is 16.3. The molecular weight excluding hydrogens is 568 g/mol. The van der Waals surface area contributed by atoms with Crippen LogP contribution in [0.3, 0.4) is 0 Å². The van der Waals surface area contributed by atoms with Crippen molar-refractivity contribution < 1.29 is 10.2 Å². The number of rotatable bonds is 8. The highest BCUT2D eigenvalue weighted by molar-refractivity contribution is 5.86. The molecule has 3 aliphatic rings. The molecule has 1 aliphatic carbocycles. The van der Waals surface area contributed by atoms with Gasteiger partial charge in [-0.2, -0.15) is 0 Å². The quantitative estimate of drug-likeness (QED) is 0.288. The van der Waals surface area contributed by atoms with Crippen molar-refractivity contribution in [2.45, 2.75) is 142 Å². The van der Waals surface area contributed by atoms with Crippen LogP contribution in [0, 0.1) is 0 Å². The summed E-state index contributed by atoms with van der Waals surface area (Å²) in [5, 5.41) is 22.8. The third kappa shape index (κ3) is 9.01. The minimum absolute atomic E-state index is 0.0500. The van der Waals surface area contributed by atoms with Gasteiger partial charge in [-0.25, -0.2) is 0 Å². The molecule has 5 rings (SSSR count). The summed E-state index contributed by atoms with van der Waals surface area (Å²) in [4.78, 5) is 15.3. The first-order valence-corrected chi connectivity index (χ1v) is 18.1. The van der Waals surface area contributed by atoms with E-state index in [1.165, 1.54) is 49.7 Å². The Morgan fingerprint density at radius 1 is 0.587 bits per heavy atom. The molecule has 2 unspecified atom stereocenters. The molecule has 2 atom stereocenters. The van der Waals surface area contributed by atoms with E-state index in [1.807, 2.05) is 12.4 Å². The van der Waals surface area contributed by atoms with Gasteiger partial charge in [-0.1, -0.05) is 79.4 Å². The van der Waals surface area contributed by atoms with Gasteiger partial charge in [0, 0.05) is 47.8 Å². The molecular formula is C40H60N4O2. The molecule has 0 aromatic heterocycles. The van der Waals surface area contributed by atoms with Gasteiger partial charge in [0.2, 0.25) is 0 Å². The number of phenols is 2. The lowest BCUT2D eigenvalue weighted by molar-refractivity contribution is 0.220. The van der Waals surface area contributed by atoms with Crippen LogP contribution in [0.25, 0.3) is 0 Å². The van der Waals surface area contributed by atoms with Gasteiger partial charge in [-0.15, -0.1) is 0 Å². The minimum atomic E-state index is -0.168. The fourth-order valence-electron chi connectivity index (χ4n) is 7.50. The molecule has 2 heterocycles. The van der Waals surface area contributed by atoms with E-state index in [1.54, 1.807) is 0 Å². The van der Waals surface area contributed by atoms with Gasteiger partial charge in [-0.3, -0.25) is 19.8 Å². The Morgan fingerprint density at radius 2 is 0.957 bits per heavy atom. The van der Waals surface area contributed by atoms with Crippen LogP contribution in [-0.2, 0) is 23.9 Å². The molecule has 2 aliphatic heterocycles. The minimum Gasteiger partial charge on any atom is -0.507 e. The predicted octanol–water partition coefficient (Wildman–Crippen LogP) is 8.51. The zero-order valence-electron chi connectivity index (χ0n) is 29.6. The van der Waals surface area contributed by atoms with Gasteiger partial charge >= 0.3 is 0 Å². The maximum atomic E-state index is 11.4. The van der Waals surface area contributed by atoms with E-state index in [4.69, 9.17) is 9.98 Å². The molecule has 1 saturated carbocycles. The molecule has 0 spiro atoms. The van der Waals surface area contributed by atoms with Gasteiger partial charge in [0.25, 0.3) is 0 Å². The Balaban J connectivity index is 1.39. The van der Waals surface area contributed by atoms with Crippen LogP contribution in [0.2, 0.25) is 0 Å². The first-order valence-electron chi connectivity index (χ1n) is 18.1. The molecule has 0 bridgehead atoms. The second-order valence-corrected chi connectivity index (χ2v) is 16.3. The van der Waals surface area contributed by atoms with Crippen molar-refractivity contribution in [3.8, 4) is 11.5 Å². The average molecular weight is 629 g/mol.